The summed E-state index contributed by atoms with van der Waals surface area (Å²) in [6, 6.07) is 1.89. The van der Waals surface area contributed by atoms with Crippen LogP contribution in [0.3, 0.4) is 0 Å². The van der Waals surface area contributed by atoms with Crippen LogP contribution in [0.4, 0.5) is 0 Å². The maximum atomic E-state index is 11.6. The van der Waals surface area contributed by atoms with Gasteiger partial charge in [-0.1, -0.05) is 22.4 Å². The maximum absolute atomic E-state index is 11.6. The van der Waals surface area contributed by atoms with Gasteiger partial charge in [-0.15, -0.1) is 0 Å². The van der Waals surface area contributed by atoms with Crippen molar-refractivity contribution < 1.29 is 0 Å². The molecule has 1 fully saturated rings. The molecule has 1 aliphatic carbocycles. The van der Waals surface area contributed by atoms with Gasteiger partial charge in [-0.05, 0) is 31.2 Å². The minimum absolute atomic E-state index is 0.123. The van der Waals surface area contributed by atoms with E-state index in [9.17, 15) is 4.79 Å². The second kappa shape index (κ2) is 4.08. The van der Waals surface area contributed by atoms with Gasteiger partial charge in [0, 0.05) is 23.8 Å². The number of rotatable bonds is 3. The van der Waals surface area contributed by atoms with Crippen LogP contribution in [0.2, 0.25) is 0 Å². The second-order valence-electron chi connectivity index (χ2n) is 4.47. The summed E-state index contributed by atoms with van der Waals surface area (Å²) in [5.41, 5.74) is 0.959. The summed E-state index contributed by atoms with van der Waals surface area (Å²) in [4.78, 5) is 15.6. The monoisotopic (exact) mass is 270 g/mol. The Morgan fingerprint density at radius 2 is 2.33 bits per heavy atom. The summed E-state index contributed by atoms with van der Waals surface area (Å²) in [7, 11) is 0. The van der Waals surface area contributed by atoms with Crippen LogP contribution in [-0.2, 0) is 6.54 Å². The highest BCUT2D eigenvalue weighted by atomic mass is 79.9. The van der Waals surface area contributed by atoms with Gasteiger partial charge >= 0.3 is 5.69 Å². The van der Waals surface area contributed by atoms with E-state index < -0.39 is 0 Å². The summed E-state index contributed by atoms with van der Waals surface area (Å²) < 4.78 is 1.73. The third-order valence-corrected chi connectivity index (χ3v) is 4.41. The first-order valence-electron chi connectivity index (χ1n) is 5.25. The van der Waals surface area contributed by atoms with Gasteiger partial charge in [0.2, 0.25) is 0 Å². The zero-order chi connectivity index (χ0) is 10.9. The summed E-state index contributed by atoms with van der Waals surface area (Å²) in [5, 5.41) is 0.973. The predicted octanol–water partition coefficient (Wildman–Crippen LogP) is 2.12. The van der Waals surface area contributed by atoms with E-state index in [1.807, 2.05) is 19.2 Å². The summed E-state index contributed by atoms with van der Waals surface area (Å²) in [5.74, 6) is 0. The Kier molecular flexibility index (Phi) is 2.96. The van der Waals surface area contributed by atoms with Gasteiger partial charge in [0.15, 0.2) is 0 Å². The SMILES string of the molecule is Cc1ccn(CC2(CBr)CCC2)c(=O)n1. The summed E-state index contributed by atoms with van der Waals surface area (Å²) >= 11 is 3.54. The van der Waals surface area contributed by atoms with E-state index in [0.29, 0.717) is 5.41 Å². The van der Waals surface area contributed by atoms with E-state index in [2.05, 4.69) is 20.9 Å². The molecule has 4 heteroatoms. The van der Waals surface area contributed by atoms with Crippen LogP contribution in [0.15, 0.2) is 17.1 Å². The average molecular weight is 271 g/mol. The van der Waals surface area contributed by atoms with Gasteiger partial charge in [-0.2, -0.15) is 4.98 Å². The Morgan fingerprint density at radius 1 is 1.60 bits per heavy atom. The third kappa shape index (κ3) is 2.14. The zero-order valence-corrected chi connectivity index (χ0v) is 10.5. The molecule has 1 aromatic rings. The minimum atomic E-state index is -0.123. The lowest BCUT2D eigenvalue weighted by Crippen LogP contribution is -2.39. The topological polar surface area (TPSA) is 34.9 Å². The normalized spacial score (nSPS) is 18.5. The van der Waals surface area contributed by atoms with Crippen molar-refractivity contribution in [3.63, 3.8) is 0 Å². The maximum Gasteiger partial charge on any atom is 0.347 e. The van der Waals surface area contributed by atoms with Gasteiger partial charge in [0.25, 0.3) is 0 Å². The van der Waals surface area contributed by atoms with Crippen LogP contribution in [0.25, 0.3) is 0 Å². The predicted molar refractivity (Wildman–Crippen MR) is 63.3 cm³/mol. The van der Waals surface area contributed by atoms with Gasteiger partial charge in [0.05, 0.1) is 0 Å². The number of nitrogens with zero attached hydrogens (tertiary/aromatic N) is 2. The quantitative estimate of drug-likeness (QED) is 0.789. The van der Waals surface area contributed by atoms with Crippen molar-refractivity contribution in [2.45, 2.75) is 32.7 Å². The van der Waals surface area contributed by atoms with Crippen LogP contribution < -0.4 is 5.69 Å². The van der Waals surface area contributed by atoms with Crippen molar-refractivity contribution in [1.82, 2.24) is 9.55 Å². The fourth-order valence-electron chi connectivity index (χ4n) is 2.01. The molecule has 1 saturated carbocycles. The molecule has 0 N–H and O–H groups in total. The Labute approximate surface area is 97.7 Å². The molecule has 1 aliphatic rings. The van der Waals surface area contributed by atoms with Crippen LogP contribution >= 0.6 is 15.9 Å². The standard InChI is InChI=1S/C11H15BrN2O/c1-9-3-6-14(10(15)13-9)8-11(7-12)4-2-5-11/h3,6H,2,4-5,7-8H2,1H3. The van der Waals surface area contributed by atoms with Gasteiger partial charge in [-0.3, -0.25) is 4.57 Å². The molecule has 2 rings (SSSR count). The van der Waals surface area contributed by atoms with Crippen LogP contribution in [0.5, 0.6) is 0 Å². The van der Waals surface area contributed by atoms with Gasteiger partial charge < -0.3 is 0 Å². The Balaban J connectivity index is 2.20. The van der Waals surface area contributed by atoms with E-state index in [4.69, 9.17) is 0 Å². The van der Waals surface area contributed by atoms with Crippen molar-refractivity contribution in [2.24, 2.45) is 5.41 Å². The van der Waals surface area contributed by atoms with E-state index >= 15 is 0 Å². The molecule has 3 nitrogen and oxygen atoms in total. The van der Waals surface area contributed by atoms with E-state index in [1.165, 1.54) is 19.3 Å². The molecular weight excluding hydrogens is 256 g/mol. The first kappa shape index (κ1) is 10.9. The Morgan fingerprint density at radius 3 is 2.80 bits per heavy atom. The lowest BCUT2D eigenvalue weighted by Gasteiger charge is -2.40. The second-order valence-corrected chi connectivity index (χ2v) is 5.03. The highest BCUT2D eigenvalue weighted by molar-refractivity contribution is 9.09. The smallest absolute Gasteiger partial charge is 0.299 e. The number of halogens is 1. The minimum Gasteiger partial charge on any atom is -0.299 e. The summed E-state index contributed by atoms with van der Waals surface area (Å²) in [6.45, 7) is 2.64. The lowest BCUT2D eigenvalue weighted by atomic mass is 9.70. The molecule has 1 heterocycles. The average Bonchev–Trinajstić information content (AvgIpc) is 2.14. The van der Waals surface area contributed by atoms with Crippen molar-refractivity contribution >= 4 is 15.9 Å². The molecule has 82 valence electrons. The molecule has 0 unspecified atom stereocenters. The highest BCUT2D eigenvalue weighted by Gasteiger charge is 2.36. The van der Waals surface area contributed by atoms with Crippen LogP contribution in [0.1, 0.15) is 25.0 Å². The number of aromatic nitrogens is 2. The van der Waals surface area contributed by atoms with Crippen molar-refractivity contribution in [3.05, 3.63) is 28.4 Å². The number of aryl methyl sites for hydroxylation is 1. The number of hydrogen-bond donors (Lipinski definition) is 0. The van der Waals surface area contributed by atoms with Crippen molar-refractivity contribution in [3.8, 4) is 0 Å². The molecule has 15 heavy (non-hydrogen) atoms. The molecule has 0 aliphatic heterocycles. The molecule has 0 amide bonds. The molecule has 0 atom stereocenters. The Hall–Kier alpha value is -0.640. The molecule has 0 spiro atoms. The number of hydrogen-bond acceptors (Lipinski definition) is 2. The summed E-state index contributed by atoms with van der Waals surface area (Å²) in [6.07, 6.45) is 5.55. The molecule has 0 radical (unpaired) electrons. The van der Waals surface area contributed by atoms with Gasteiger partial charge in [-0.25, -0.2) is 4.79 Å². The fraction of sp³-hybridized carbons (Fsp3) is 0.636. The van der Waals surface area contributed by atoms with Crippen molar-refractivity contribution in [2.75, 3.05) is 5.33 Å². The van der Waals surface area contributed by atoms with Gasteiger partial charge in [0.1, 0.15) is 0 Å². The molecular formula is C11H15BrN2O. The van der Waals surface area contributed by atoms with Crippen LogP contribution in [-0.4, -0.2) is 14.9 Å². The fourth-order valence-corrected chi connectivity index (χ4v) is 2.74. The molecule has 1 aromatic heterocycles. The van der Waals surface area contributed by atoms with E-state index in [0.717, 1.165) is 17.6 Å². The number of alkyl halides is 1. The van der Waals surface area contributed by atoms with Crippen LogP contribution in [0, 0.1) is 12.3 Å². The molecule has 0 saturated heterocycles. The largest absolute Gasteiger partial charge is 0.347 e. The molecule has 0 aromatic carbocycles. The highest BCUT2D eigenvalue weighted by Crippen LogP contribution is 2.43. The first-order valence-corrected chi connectivity index (χ1v) is 6.37. The third-order valence-electron chi connectivity index (χ3n) is 3.22. The zero-order valence-electron chi connectivity index (χ0n) is 8.87. The van der Waals surface area contributed by atoms with E-state index in [1.54, 1.807) is 4.57 Å². The first-order chi connectivity index (χ1) is 7.15. The van der Waals surface area contributed by atoms with Crippen molar-refractivity contribution in [1.29, 1.82) is 0 Å². The lowest BCUT2D eigenvalue weighted by molar-refractivity contribution is 0.137. The Bertz CT molecular complexity index is 404. The van der Waals surface area contributed by atoms with E-state index in [-0.39, 0.29) is 5.69 Å². The molecule has 0 bridgehead atoms.